The normalized spacial score (nSPS) is 22.3. The summed E-state index contributed by atoms with van der Waals surface area (Å²) in [5, 5.41) is 6.30. The summed E-state index contributed by atoms with van der Waals surface area (Å²) in [6, 6.07) is 22.1. The van der Waals surface area contributed by atoms with Crippen LogP contribution in [0.2, 0.25) is 5.02 Å². The highest BCUT2D eigenvalue weighted by Crippen LogP contribution is 2.47. The van der Waals surface area contributed by atoms with Crippen molar-refractivity contribution in [3.05, 3.63) is 105 Å². The maximum atomic E-state index is 13.9. The van der Waals surface area contributed by atoms with Crippen LogP contribution in [0, 0.1) is 0 Å². The maximum absolute atomic E-state index is 13.9. The van der Waals surface area contributed by atoms with Gasteiger partial charge in [0.05, 0.1) is 5.57 Å². The maximum Gasteiger partial charge on any atom is 0.337 e. The van der Waals surface area contributed by atoms with Gasteiger partial charge in [0, 0.05) is 34.3 Å². The summed E-state index contributed by atoms with van der Waals surface area (Å²) in [5.74, 6) is -0.641. The van der Waals surface area contributed by atoms with Crippen molar-refractivity contribution in [1.82, 2.24) is 5.32 Å². The zero-order valence-electron chi connectivity index (χ0n) is 20.9. The number of benzene rings is 3. The highest BCUT2D eigenvalue weighted by atomic mass is 35.5. The van der Waals surface area contributed by atoms with Gasteiger partial charge in [-0.25, -0.2) is 4.79 Å². The molecule has 5 heteroatoms. The lowest BCUT2D eigenvalue weighted by atomic mass is 9.71. The smallest absolute Gasteiger partial charge is 0.337 e. The number of hydrogen-bond donors (Lipinski definition) is 1. The summed E-state index contributed by atoms with van der Waals surface area (Å²) in [4.78, 5) is 27.6. The van der Waals surface area contributed by atoms with E-state index in [0.717, 1.165) is 59.0 Å². The average molecular weight is 512 g/mol. The molecule has 3 aromatic rings. The Morgan fingerprint density at radius 3 is 2.46 bits per heavy atom. The third-order valence-electron chi connectivity index (χ3n) is 8.10. The second-order valence-electron chi connectivity index (χ2n) is 10.4. The van der Waals surface area contributed by atoms with Gasteiger partial charge in [-0.3, -0.25) is 4.79 Å². The number of ketones is 1. The Hall–Kier alpha value is -3.37. The Kier molecular flexibility index (Phi) is 6.37. The highest BCUT2D eigenvalue weighted by molar-refractivity contribution is 6.30. The number of carbonyl (C=O) groups is 2. The molecule has 3 aromatic carbocycles. The van der Waals surface area contributed by atoms with Crippen molar-refractivity contribution >= 4 is 34.1 Å². The molecule has 37 heavy (non-hydrogen) atoms. The summed E-state index contributed by atoms with van der Waals surface area (Å²) >= 11 is 6.11. The average Bonchev–Trinajstić information content (AvgIpc) is 3.41. The molecular weight excluding hydrogens is 482 g/mol. The van der Waals surface area contributed by atoms with Crippen LogP contribution in [0.25, 0.3) is 10.8 Å². The van der Waals surface area contributed by atoms with Gasteiger partial charge in [-0.1, -0.05) is 66.2 Å². The van der Waals surface area contributed by atoms with Crippen molar-refractivity contribution < 1.29 is 14.3 Å². The fourth-order valence-electron chi connectivity index (χ4n) is 6.31. The molecule has 0 bridgehead atoms. The molecule has 0 radical (unpaired) electrons. The van der Waals surface area contributed by atoms with Gasteiger partial charge in [0.2, 0.25) is 0 Å². The molecule has 0 unspecified atom stereocenters. The first kappa shape index (κ1) is 24.0. The third-order valence-corrected chi connectivity index (χ3v) is 8.35. The van der Waals surface area contributed by atoms with Crippen LogP contribution in [-0.2, 0) is 14.3 Å². The van der Waals surface area contributed by atoms with Gasteiger partial charge < -0.3 is 10.1 Å². The van der Waals surface area contributed by atoms with E-state index >= 15 is 0 Å². The Balaban J connectivity index is 1.46. The topological polar surface area (TPSA) is 55.4 Å². The number of allylic oxidation sites excluding steroid dienone is 3. The number of nitrogens with one attached hydrogen (secondary N) is 1. The van der Waals surface area contributed by atoms with E-state index in [1.807, 2.05) is 49.4 Å². The van der Waals surface area contributed by atoms with Crippen molar-refractivity contribution in [3.8, 4) is 0 Å². The molecule has 1 aliphatic heterocycles. The number of hydrogen-bond acceptors (Lipinski definition) is 4. The molecule has 0 aromatic heterocycles. The monoisotopic (exact) mass is 511 g/mol. The van der Waals surface area contributed by atoms with Crippen LogP contribution in [0.3, 0.4) is 0 Å². The van der Waals surface area contributed by atoms with Crippen LogP contribution in [0.1, 0.15) is 68.4 Å². The van der Waals surface area contributed by atoms with E-state index < -0.39 is 5.92 Å². The predicted molar refractivity (Wildman–Crippen MR) is 146 cm³/mol. The first-order valence-corrected chi connectivity index (χ1v) is 13.6. The van der Waals surface area contributed by atoms with Gasteiger partial charge in [0.15, 0.2) is 5.78 Å². The van der Waals surface area contributed by atoms with E-state index in [4.69, 9.17) is 16.3 Å². The second-order valence-corrected chi connectivity index (χ2v) is 10.9. The Labute approximate surface area is 222 Å². The molecule has 1 fully saturated rings. The quantitative estimate of drug-likeness (QED) is 0.372. The minimum absolute atomic E-state index is 0.0484. The van der Waals surface area contributed by atoms with Gasteiger partial charge in [-0.15, -0.1) is 0 Å². The van der Waals surface area contributed by atoms with E-state index in [1.54, 1.807) is 0 Å². The molecule has 188 valence electrons. The standard InChI is InChI=1S/C32H30ClNO3/c1-19-29(32(36)37-24-9-3-4-10-24)30(26-12-6-8-21-7-2-5-11-25(21)26)31-27(34-19)17-22(18-28(31)35)20-13-15-23(33)16-14-20/h2,5-8,11-16,22,24,30,34H,3-4,9-10,17-18H2,1H3/t22-,30+/m0/s1. The number of dihydropyridines is 1. The summed E-state index contributed by atoms with van der Waals surface area (Å²) in [7, 11) is 0. The van der Waals surface area contributed by atoms with Crippen LogP contribution >= 0.6 is 11.6 Å². The first-order valence-electron chi connectivity index (χ1n) is 13.2. The third kappa shape index (κ3) is 4.48. The van der Waals surface area contributed by atoms with Crippen molar-refractivity contribution in [2.45, 2.75) is 63.4 Å². The van der Waals surface area contributed by atoms with E-state index in [2.05, 4.69) is 29.6 Å². The van der Waals surface area contributed by atoms with Crippen LogP contribution < -0.4 is 5.32 Å². The molecule has 1 heterocycles. The molecule has 2 aliphatic carbocycles. The Bertz CT molecular complexity index is 1440. The highest BCUT2D eigenvalue weighted by Gasteiger charge is 2.42. The lowest BCUT2D eigenvalue weighted by molar-refractivity contribution is -0.144. The summed E-state index contributed by atoms with van der Waals surface area (Å²) in [5.41, 5.74) is 5.00. The van der Waals surface area contributed by atoms with Gasteiger partial charge in [0.1, 0.15) is 6.10 Å². The van der Waals surface area contributed by atoms with Crippen molar-refractivity contribution in [1.29, 1.82) is 0 Å². The van der Waals surface area contributed by atoms with Crippen LogP contribution in [0.15, 0.2) is 89.3 Å². The molecule has 1 N–H and O–H groups in total. The van der Waals surface area contributed by atoms with Crippen molar-refractivity contribution in [2.75, 3.05) is 0 Å². The molecule has 2 atom stereocenters. The first-order chi connectivity index (χ1) is 18.0. The van der Waals surface area contributed by atoms with Gasteiger partial charge in [-0.2, -0.15) is 0 Å². The molecule has 1 saturated carbocycles. The van der Waals surface area contributed by atoms with Crippen LogP contribution in [-0.4, -0.2) is 17.9 Å². The predicted octanol–water partition coefficient (Wildman–Crippen LogP) is 7.34. The van der Waals surface area contributed by atoms with E-state index in [9.17, 15) is 9.59 Å². The molecule has 6 rings (SSSR count). The second kappa shape index (κ2) is 9.83. The fourth-order valence-corrected chi connectivity index (χ4v) is 6.44. The van der Waals surface area contributed by atoms with Gasteiger partial charge in [-0.05, 0) is 79.0 Å². The lowest BCUT2D eigenvalue weighted by Gasteiger charge is -2.37. The van der Waals surface area contributed by atoms with Crippen molar-refractivity contribution in [2.24, 2.45) is 0 Å². The number of rotatable bonds is 4. The number of fused-ring (bicyclic) bond motifs is 1. The van der Waals surface area contributed by atoms with Crippen molar-refractivity contribution in [3.63, 3.8) is 0 Å². The summed E-state index contributed by atoms with van der Waals surface area (Å²) in [6.07, 6.45) is 5.02. The summed E-state index contributed by atoms with van der Waals surface area (Å²) < 4.78 is 6.02. The molecule has 0 spiro atoms. The Morgan fingerprint density at radius 1 is 0.946 bits per heavy atom. The SMILES string of the molecule is CC1=C(C(=O)OC2CCCC2)[C@@H](c2cccc3ccccc23)C2=C(C[C@H](c3ccc(Cl)cc3)CC2=O)N1. The number of esters is 1. The molecule has 3 aliphatic rings. The molecule has 0 saturated heterocycles. The Morgan fingerprint density at radius 2 is 1.68 bits per heavy atom. The summed E-state index contributed by atoms with van der Waals surface area (Å²) in [6.45, 7) is 1.93. The lowest BCUT2D eigenvalue weighted by Crippen LogP contribution is -2.36. The fraction of sp³-hybridized carbons (Fsp3) is 0.312. The van der Waals surface area contributed by atoms with Crippen LogP contribution in [0.5, 0.6) is 0 Å². The van der Waals surface area contributed by atoms with E-state index in [0.29, 0.717) is 29.0 Å². The molecule has 4 nitrogen and oxygen atoms in total. The van der Waals surface area contributed by atoms with E-state index in [-0.39, 0.29) is 23.8 Å². The number of ether oxygens (including phenoxy) is 1. The number of halogens is 1. The minimum atomic E-state index is -0.463. The number of carbonyl (C=O) groups excluding carboxylic acids is 2. The zero-order chi connectivity index (χ0) is 25.5. The minimum Gasteiger partial charge on any atom is -0.459 e. The van der Waals surface area contributed by atoms with Crippen LogP contribution in [0.4, 0.5) is 0 Å². The van der Waals surface area contributed by atoms with Gasteiger partial charge >= 0.3 is 5.97 Å². The largest absolute Gasteiger partial charge is 0.459 e. The number of Topliss-reactive ketones (excluding diaryl/α,β-unsaturated/α-hetero) is 1. The molecule has 0 amide bonds. The van der Waals surface area contributed by atoms with Gasteiger partial charge in [0.25, 0.3) is 0 Å². The zero-order valence-corrected chi connectivity index (χ0v) is 21.7. The van der Waals surface area contributed by atoms with E-state index in [1.165, 1.54) is 0 Å². The molecular formula is C32H30ClNO3.